The molecule has 4 heteroatoms. The Morgan fingerprint density at radius 2 is 1.70 bits per heavy atom. The lowest BCUT2D eigenvalue weighted by atomic mass is 9.65. The highest BCUT2D eigenvalue weighted by Crippen LogP contribution is 2.48. The van der Waals surface area contributed by atoms with Crippen molar-refractivity contribution >= 4 is 5.88 Å². The average molecular weight is 308 g/mol. The van der Waals surface area contributed by atoms with E-state index in [-0.39, 0.29) is 5.82 Å². The predicted molar refractivity (Wildman–Crippen MR) is 86.6 cm³/mol. The van der Waals surface area contributed by atoms with E-state index in [1.807, 2.05) is 30.3 Å². The van der Waals surface area contributed by atoms with Crippen LogP contribution in [0.5, 0.6) is 0 Å². The highest BCUT2D eigenvalue weighted by molar-refractivity contribution is 5.55. The van der Waals surface area contributed by atoms with Crippen molar-refractivity contribution in [2.45, 2.75) is 24.7 Å². The van der Waals surface area contributed by atoms with E-state index in [0.717, 1.165) is 41.6 Å². The molecule has 1 aromatic heterocycles. The van der Waals surface area contributed by atoms with Crippen LogP contribution in [0.4, 0.5) is 10.3 Å². The molecule has 0 saturated heterocycles. The highest BCUT2D eigenvalue weighted by atomic mass is 19.1. The van der Waals surface area contributed by atoms with Gasteiger partial charge in [-0.1, -0.05) is 47.6 Å². The molecule has 2 aromatic carbocycles. The molecule has 0 saturated carbocycles. The summed E-state index contributed by atoms with van der Waals surface area (Å²) >= 11 is 0. The fraction of sp³-hybridized carbons (Fsp3) is 0.211. The number of hydrogen-bond donors (Lipinski definition) is 1. The molecule has 0 spiro atoms. The highest BCUT2D eigenvalue weighted by Gasteiger charge is 2.43. The van der Waals surface area contributed by atoms with Gasteiger partial charge in [-0.25, -0.2) is 4.39 Å². The van der Waals surface area contributed by atoms with Gasteiger partial charge in [0.05, 0.1) is 5.41 Å². The third kappa shape index (κ3) is 2.05. The molecule has 1 heterocycles. The Morgan fingerprint density at radius 1 is 1.00 bits per heavy atom. The first-order chi connectivity index (χ1) is 11.2. The van der Waals surface area contributed by atoms with Crippen LogP contribution in [-0.2, 0) is 11.8 Å². The maximum Gasteiger partial charge on any atom is 0.225 e. The van der Waals surface area contributed by atoms with Crippen LogP contribution in [0.3, 0.4) is 0 Å². The molecule has 116 valence electrons. The van der Waals surface area contributed by atoms with Crippen molar-refractivity contribution in [2.24, 2.45) is 0 Å². The third-order valence-electron chi connectivity index (χ3n) is 4.80. The summed E-state index contributed by atoms with van der Waals surface area (Å²) in [7, 11) is 0. The van der Waals surface area contributed by atoms with Gasteiger partial charge in [0.15, 0.2) is 0 Å². The van der Waals surface area contributed by atoms with Gasteiger partial charge < -0.3 is 10.3 Å². The Morgan fingerprint density at radius 3 is 2.43 bits per heavy atom. The van der Waals surface area contributed by atoms with E-state index in [9.17, 15) is 4.39 Å². The standard InChI is InChI=1S/C19H17FN2O/c20-15-10-8-14(9-11-15)19(13-5-2-1-3-6-13)12-4-7-16-17(19)22-23-18(16)21/h1-3,5-6,8-11H,4,7,12,21H2. The first kappa shape index (κ1) is 14.0. The molecule has 0 radical (unpaired) electrons. The van der Waals surface area contributed by atoms with E-state index >= 15 is 0 Å². The van der Waals surface area contributed by atoms with Gasteiger partial charge in [-0.3, -0.25) is 0 Å². The summed E-state index contributed by atoms with van der Waals surface area (Å²) in [6.45, 7) is 0. The maximum absolute atomic E-state index is 13.4. The van der Waals surface area contributed by atoms with Crippen molar-refractivity contribution in [3.8, 4) is 0 Å². The van der Waals surface area contributed by atoms with Gasteiger partial charge in [-0.15, -0.1) is 0 Å². The fourth-order valence-corrected chi connectivity index (χ4v) is 3.73. The zero-order valence-electron chi connectivity index (χ0n) is 12.6. The maximum atomic E-state index is 13.4. The number of nitrogens with zero attached hydrogens (tertiary/aromatic N) is 1. The zero-order chi connectivity index (χ0) is 15.9. The fourth-order valence-electron chi connectivity index (χ4n) is 3.73. The van der Waals surface area contributed by atoms with Gasteiger partial charge in [-0.05, 0) is 42.5 Å². The minimum absolute atomic E-state index is 0.243. The van der Waals surface area contributed by atoms with Crippen molar-refractivity contribution in [2.75, 3.05) is 5.73 Å². The van der Waals surface area contributed by atoms with Crippen LogP contribution < -0.4 is 5.73 Å². The Hall–Kier alpha value is -2.62. The number of nitrogens with two attached hydrogens (primary N) is 1. The number of aromatic nitrogens is 1. The van der Waals surface area contributed by atoms with Crippen LogP contribution in [0.25, 0.3) is 0 Å². The molecule has 0 bridgehead atoms. The number of halogens is 1. The molecule has 0 amide bonds. The Balaban J connectivity index is 2.02. The predicted octanol–water partition coefficient (Wildman–Crippen LogP) is 4.07. The Bertz CT molecular complexity index is 826. The molecule has 3 nitrogen and oxygen atoms in total. The first-order valence-corrected chi connectivity index (χ1v) is 7.78. The quantitative estimate of drug-likeness (QED) is 0.776. The van der Waals surface area contributed by atoms with E-state index in [0.29, 0.717) is 5.88 Å². The van der Waals surface area contributed by atoms with Crippen molar-refractivity contribution < 1.29 is 8.91 Å². The molecule has 1 aliphatic rings. The van der Waals surface area contributed by atoms with Crippen molar-refractivity contribution in [1.29, 1.82) is 0 Å². The van der Waals surface area contributed by atoms with Crippen molar-refractivity contribution in [1.82, 2.24) is 5.16 Å². The monoisotopic (exact) mass is 308 g/mol. The minimum atomic E-state index is -0.441. The first-order valence-electron chi connectivity index (χ1n) is 7.78. The Labute approximate surface area is 133 Å². The van der Waals surface area contributed by atoms with Gasteiger partial charge in [0.2, 0.25) is 5.88 Å². The van der Waals surface area contributed by atoms with Crippen LogP contribution in [0, 0.1) is 5.82 Å². The normalized spacial score (nSPS) is 20.2. The Kier molecular flexibility index (Phi) is 3.18. The molecule has 1 aliphatic carbocycles. The number of benzene rings is 2. The number of anilines is 1. The van der Waals surface area contributed by atoms with Crippen LogP contribution in [0.1, 0.15) is 35.2 Å². The molecular formula is C19H17FN2O. The molecule has 4 rings (SSSR count). The second-order valence-electron chi connectivity index (χ2n) is 6.01. The van der Waals surface area contributed by atoms with E-state index in [4.69, 9.17) is 10.3 Å². The summed E-state index contributed by atoms with van der Waals surface area (Å²) in [5, 5.41) is 4.29. The zero-order valence-corrected chi connectivity index (χ0v) is 12.6. The van der Waals surface area contributed by atoms with Crippen LogP contribution in [-0.4, -0.2) is 5.16 Å². The third-order valence-corrected chi connectivity index (χ3v) is 4.80. The van der Waals surface area contributed by atoms with Gasteiger partial charge in [0.25, 0.3) is 0 Å². The smallest absolute Gasteiger partial charge is 0.225 e. The summed E-state index contributed by atoms with van der Waals surface area (Å²) in [6, 6.07) is 16.9. The molecule has 0 aliphatic heterocycles. The molecule has 3 aromatic rings. The van der Waals surface area contributed by atoms with Crippen molar-refractivity contribution in [3.63, 3.8) is 0 Å². The molecule has 1 unspecified atom stereocenters. The molecule has 2 N–H and O–H groups in total. The van der Waals surface area contributed by atoms with E-state index in [2.05, 4.69) is 17.3 Å². The number of rotatable bonds is 2. The van der Waals surface area contributed by atoms with E-state index in [1.54, 1.807) is 0 Å². The molecule has 23 heavy (non-hydrogen) atoms. The topological polar surface area (TPSA) is 52.0 Å². The molecule has 0 fully saturated rings. The lowest BCUT2D eigenvalue weighted by molar-refractivity contribution is 0.401. The number of hydrogen-bond acceptors (Lipinski definition) is 3. The van der Waals surface area contributed by atoms with Crippen molar-refractivity contribution in [3.05, 3.63) is 82.8 Å². The second-order valence-corrected chi connectivity index (χ2v) is 6.01. The second kappa shape index (κ2) is 5.23. The number of nitrogen functional groups attached to an aromatic ring is 1. The van der Waals surface area contributed by atoms with E-state index < -0.39 is 5.41 Å². The van der Waals surface area contributed by atoms with Crippen LogP contribution >= 0.6 is 0 Å². The van der Waals surface area contributed by atoms with Gasteiger partial charge in [0, 0.05) is 5.56 Å². The lowest BCUT2D eigenvalue weighted by Crippen LogP contribution is -2.34. The summed E-state index contributed by atoms with van der Waals surface area (Å²) in [6.07, 6.45) is 2.73. The largest absolute Gasteiger partial charge is 0.367 e. The lowest BCUT2D eigenvalue weighted by Gasteiger charge is -2.37. The van der Waals surface area contributed by atoms with Crippen LogP contribution in [0.15, 0.2) is 59.1 Å². The minimum Gasteiger partial charge on any atom is -0.367 e. The SMILES string of the molecule is Nc1onc2c1CCCC2(c1ccccc1)c1ccc(F)cc1. The summed E-state index contributed by atoms with van der Waals surface area (Å²) in [5.41, 5.74) is 9.51. The summed E-state index contributed by atoms with van der Waals surface area (Å²) in [5.74, 6) is 0.148. The number of fused-ring (bicyclic) bond motifs is 1. The average Bonchev–Trinajstić information content (AvgIpc) is 2.98. The van der Waals surface area contributed by atoms with Gasteiger partial charge >= 0.3 is 0 Å². The molecular weight excluding hydrogens is 291 g/mol. The molecule has 1 atom stereocenters. The van der Waals surface area contributed by atoms with Crippen LogP contribution in [0.2, 0.25) is 0 Å². The van der Waals surface area contributed by atoms with Gasteiger partial charge in [0.1, 0.15) is 11.5 Å². The van der Waals surface area contributed by atoms with Gasteiger partial charge in [-0.2, -0.15) is 0 Å². The summed E-state index contributed by atoms with van der Waals surface area (Å²) in [4.78, 5) is 0. The van der Waals surface area contributed by atoms with E-state index in [1.165, 1.54) is 12.1 Å². The summed E-state index contributed by atoms with van der Waals surface area (Å²) < 4.78 is 18.7.